The van der Waals surface area contributed by atoms with Crippen LogP contribution in [0.5, 0.6) is 5.75 Å². The van der Waals surface area contributed by atoms with Gasteiger partial charge in [-0.05, 0) is 41.5 Å². The van der Waals surface area contributed by atoms with Crippen molar-refractivity contribution in [2.24, 2.45) is 7.05 Å². The van der Waals surface area contributed by atoms with Gasteiger partial charge in [0.15, 0.2) is 11.5 Å². The molecule has 0 aliphatic rings. The molecule has 2 N–H and O–H groups in total. The van der Waals surface area contributed by atoms with Crippen molar-refractivity contribution < 1.29 is 9.13 Å². The van der Waals surface area contributed by atoms with E-state index in [9.17, 15) is 4.39 Å². The molecule has 33 heavy (non-hydrogen) atoms. The van der Waals surface area contributed by atoms with E-state index >= 15 is 0 Å². The van der Waals surface area contributed by atoms with Crippen LogP contribution < -0.4 is 4.74 Å². The first-order valence-electron chi connectivity index (χ1n) is 10.3. The third-order valence-electron chi connectivity index (χ3n) is 5.63. The van der Waals surface area contributed by atoms with Crippen molar-refractivity contribution in [1.82, 2.24) is 34.9 Å². The van der Waals surface area contributed by atoms with E-state index in [1.807, 2.05) is 37.6 Å². The number of nitrogens with one attached hydrogen (secondary N) is 2. The van der Waals surface area contributed by atoms with Crippen LogP contribution in [0.15, 0.2) is 61.1 Å². The van der Waals surface area contributed by atoms with Crippen LogP contribution >= 0.6 is 0 Å². The fourth-order valence-electron chi connectivity index (χ4n) is 4.04. The summed E-state index contributed by atoms with van der Waals surface area (Å²) in [6.07, 6.45) is 5.46. The summed E-state index contributed by atoms with van der Waals surface area (Å²) in [5.41, 5.74) is 6.22. The molecule has 4 heterocycles. The second-order valence-electron chi connectivity index (χ2n) is 7.76. The van der Waals surface area contributed by atoms with Gasteiger partial charge in [0.1, 0.15) is 22.8 Å². The molecule has 162 valence electrons. The van der Waals surface area contributed by atoms with Crippen molar-refractivity contribution in [3.63, 3.8) is 0 Å². The normalized spacial score (nSPS) is 11.5. The van der Waals surface area contributed by atoms with E-state index in [0.717, 1.165) is 27.6 Å². The summed E-state index contributed by atoms with van der Waals surface area (Å²) in [7, 11) is 3.40. The summed E-state index contributed by atoms with van der Waals surface area (Å²) < 4.78 is 21.1. The minimum atomic E-state index is -0.383. The van der Waals surface area contributed by atoms with E-state index in [1.54, 1.807) is 16.9 Å². The molecule has 8 nitrogen and oxygen atoms in total. The Hall–Kier alpha value is -4.53. The fourth-order valence-corrected chi connectivity index (χ4v) is 4.04. The van der Waals surface area contributed by atoms with Crippen molar-refractivity contribution in [3.8, 4) is 39.5 Å². The maximum absolute atomic E-state index is 14.1. The lowest BCUT2D eigenvalue weighted by molar-refractivity contribution is 0.411. The number of pyridine rings is 1. The zero-order valence-corrected chi connectivity index (χ0v) is 17.8. The summed E-state index contributed by atoms with van der Waals surface area (Å²) >= 11 is 0. The second-order valence-corrected chi connectivity index (χ2v) is 7.76. The number of methoxy groups -OCH3 is 1. The van der Waals surface area contributed by atoms with Crippen molar-refractivity contribution in [2.75, 3.05) is 7.11 Å². The highest BCUT2D eigenvalue weighted by atomic mass is 19.1. The summed E-state index contributed by atoms with van der Waals surface area (Å²) in [5.74, 6) is 0.626. The molecule has 0 saturated heterocycles. The standard InChI is InChI=1S/C24H18FN7O/c1-32-12-15(11-27-32)13-3-4-20-19(9-13)22(31-30-20)24-28-21-18(5-6-26-23(21)29-24)14-7-16(25)10-17(8-14)33-2/h3-12H,1-2H3,(H,30,31)(H,26,28,29). The third kappa shape index (κ3) is 3.21. The SMILES string of the molecule is COc1cc(F)cc(-c2ccnc3[nH]c(-c4n[nH]c5ccc(-c6cnn(C)c6)cc45)nc23)c1. The number of fused-ring (bicyclic) bond motifs is 2. The first-order chi connectivity index (χ1) is 16.1. The monoisotopic (exact) mass is 439 g/mol. The smallest absolute Gasteiger partial charge is 0.160 e. The fraction of sp³-hybridized carbons (Fsp3) is 0.0833. The predicted octanol–water partition coefficient (Wildman–Crippen LogP) is 4.72. The van der Waals surface area contributed by atoms with Gasteiger partial charge in [0.05, 0.1) is 18.8 Å². The van der Waals surface area contributed by atoms with E-state index in [-0.39, 0.29) is 5.82 Å². The number of H-pyrrole nitrogens is 2. The van der Waals surface area contributed by atoms with Gasteiger partial charge in [-0.25, -0.2) is 14.4 Å². The Kier molecular flexibility index (Phi) is 4.22. The highest BCUT2D eigenvalue weighted by Gasteiger charge is 2.17. The largest absolute Gasteiger partial charge is 0.497 e. The van der Waals surface area contributed by atoms with Crippen LogP contribution in [-0.4, -0.2) is 42.0 Å². The van der Waals surface area contributed by atoms with Crippen LogP contribution in [0.2, 0.25) is 0 Å². The first kappa shape index (κ1) is 19.2. The summed E-state index contributed by atoms with van der Waals surface area (Å²) in [5, 5.41) is 12.7. The molecule has 6 rings (SSSR count). The van der Waals surface area contributed by atoms with Gasteiger partial charge in [-0.1, -0.05) is 6.07 Å². The Balaban J connectivity index is 1.50. The maximum Gasteiger partial charge on any atom is 0.160 e. The molecule has 0 aliphatic heterocycles. The lowest BCUT2D eigenvalue weighted by Crippen LogP contribution is -1.88. The Morgan fingerprint density at radius 1 is 1.03 bits per heavy atom. The molecule has 0 radical (unpaired) electrons. The van der Waals surface area contributed by atoms with Crippen molar-refractivity contribution in [2.45, 2.75) is 0 Å². The summed E-state index contributed by atoms with van der Waals surface area (Å²) in [4.78, 5) is 12.5. The van der Waals surface area contributed by atoms with Gasteiger partial charge in [-0.3, -0.25) is 9.78 Å². The number of aromatic amines is 2. The molecule has 0 aliphatic carbocycles. The summed E-state index contributed by atoms with van der Waals surface area (Å²) in [6.45, 7) is 0. The number of aryl methyl sites for hydroxylation is 1. The van der Waals surface area contributed by atoms with Crippen LogP contribution in [-0.2, 0) is 7.05 Å². The second kappa shape index (κ2) is 7.27. The zero-order chi connectivity index (χ0) is 22.5. The Labute approximate surface area is 187 Å². The first-order valence-corrected chi connectivity index (χ1v) is 10.3. The average molecular weight is 439 g/mol. The topological polar surface area (TPSA) is 97.3 Å². The van der Waals surface area contributed by atoms with E-state index in [2.05, 4.69) is 31.3 Å². The Morgan fingerprint density at radius 2 is 1.94 bits per heavy atom. The quantitative estimate of drug-likeness (QED) is 0.414. The van der Waals surface area contributed by atoms with E-state index < -0.39 is 0 Å². The molecule has 0 atom stereocenters. The van der Waals surface area contributed by atoms with E-state index in [0.29, 0.717) is 34.0 Å². The average Bonchev–Trinajstić information content (AvgIpc) is 3.55. The van der Waals surface area contributed by atoms with Crippen LogP contribution in [0.1, 0.15) is 0 Å². The Morgan fingerprint density at radius 3 is 2.76 bits per heavy atom. The van der Waals surface area contributed by atoms with Crippen molar-refractivity contribution >= 4 is 22.1 Å². The van der Waals surface area contributed by atoms with Crippen LogP contribution in [0.4, 0.5) is 4.39 Å². The molecule has 0 amide bonds. The summed E-state index contributed by atoms with van der Waals surface area (Å²) in [6, 6.07) is 12.4. The van der Waals surface area contributed by atoms with Crippen LogP contribution in [0, 0.1) is 5.82 Å². The highest BCUT2D eigenvalue weighted by Crippen LogP contribution is 2.33. The number of nitrogens with zero attached hydrogens (tertiary/aromatic N) is 5. The van der Waals surface area contributed by atoms with Crippen molar-refractivity contribution in [1.29, 1.82) is 0 Å². The molecule has 9 heteroatoms. The number of hydrogen-bond acceptors (Lipinski definition) is 5. The maximum atomic E-state index is 14.1. The van der Waals surface area contributed by atoms with Gasteiger partial charge < -0.3 is 9.72 Å². The van der Waals surface area contributed by atoms with Crippen molar-refractivity contribution in [3.05, 3.63) is 66.9 Å². The number of imidazole rings is 1. The van der Waals surface area contributed by atoms with Crippen LogP contribution in [0.3, 0.4) is 0 Å². The molecule has 0 saturated carbocycles. The zero-order valence-electron chi connectivity index (χ0n) is 17.8. The minimum Gasteiger partial charge on any atom is -0.497 e. The lowest BCUT2D eigenvalue weighted by Gasteiger charge is -2.06. The number of benzene rings is 2. The molecule has 0 fully saturated rings. The molecular formula is C24H18FN7O. The highest BCUT2D eigenvalue weighted by molar-refractivity contribution is 5.97. The number of halogens is 1. The number of rotatable bonds is 4. The predicted molar refractivity (Wildman–Crippen MR) is 123 cm³/mol. The lowest BCUT2D eigenvalue weighted by atomic mass is 10.1. The molecule has 0 unspecified atom stereocenters. The van der Waals surface area contributed by atoms with Gasteiger partial charge in [0.2, 0.25) is 0 Å². The molecule has 4 aromatic heterocycles. The van der Waals surface area contributed by atoms with Gasteiger partial charge in [0, 0.05) is 42.0 Å². The van der Waals surface area contributed by atoms with Gasteiger partial charge in [-0.15, -0.1) is 0 Å². The molecule has 0 bridgehead atoms. The molecule has 0 spiro atoms. The van der Waals surface area contributed by atoms with Gasteiger partial charge in [-0.2, -0.15) is 10.2 Å². The Bertz CT molecular complexity index is 1650. The van der Waals surface area contributed by atoms with Gasteiger partial charge in [0.25, 0.3) is 0 Å². The number of ether oxygens (including phenoxy) is 1. The van der Waals surface area contributed by atoms with E-state index in [4.69, 9.17) is 9.72 Å². The number of hydrogen-bond donors (Lipinski definition) is 2. The minimum absolute atomic E-state index is 0.383. The molecule has 2 aromatic carbocycles. The van der Waals surface area contributed by atoms with Gasteiger partial charge >= 0.3 is 0 Å². The third-order valence-corrected chi connectivity index (χ3v) is 5.63. The van der Waals surface area contributed by atoms with Crippen LogP contribution in [0.25, 0.3) is 55.8 Å². The van der Waals surface area contributed by atoms with E-state index in [1.165, 1.54) is 19.2 Å². The molecule has 6 aromatic rings. The number of aromatic nitrogens is 7. The molecular weight excluding hydrogens is 421 g/mol.